The third-order valence-electron chi connectivity index (χ3n) is 10.7. The van der Waals surface area contributed by atoms with Gasteiger partial charge in [-0.15, -0.1) is 54.1 Å². The SMILES string of the molecule is CC(C)c1cc(-c2ccccc2)cc(C(C)C)c1-c1cccc2nc(-c3[c-]ccc4c3oc3cc(-c5ccccc5)ccc34)oc12.Fc1ccc(-c2[c-]cccc2)nc1.[Ir]. The van der Waals surface area contributed by atoms with E-state index in [2.05, 4.69) is 148 Å². The van der Waals surface area contributed by atoms with Crippen LogP contribution in [0.3, 0.4) is 0 Å². The van der Waals surface area contributed by atoms with Gasteiger partial charge in [0.1, 0.15) is 22.9 Å². The molecule has 3 aromatic heterocycles. The van der Waals surface area contributed by atoms with Crippen molar-refractivity contribution >= 4 is 33.0 Å². The number of pyridine rings is 1. The predicted octanol–water partition coefficient (Wildman–Crippen LogP) is 15.1. The normalized spacial score (nSPS) is 11.2. The quantitative estimate of drug-likeness (QED) is 0.149. The maximum atomic E-state index is 12.5. The second-order valence-electron chi connectivity index (χ2n) is 15.3. The molecule has 0 amide bonds. The molecule has 3 heterocycles. The van der Waals surface area contributed by atoms with Crippen molar-refractivity contribution in [2.75, 3.05) is 0 Å². The molecule has 297 valence electrons. The molecule has 6 heteroatoms. The summed E-state index contributed by atoms with van der Waals surface area (Å²) in [4.78, 5) is 8.95. The van der Waals surface area contributed by atoms with Crippen molar-refractivity contribution in [3.63, 3.8) is 0 Å². The number of hydrogen-bond donors (Lipinski definition) is 0. The minimum Gasteiger partial charge on any atom is -0.500 e. The van der Waals surface area contributed by atoms with Gasteiger partial charge >= 0.3 is 0 Å². The van der Waals surface area contributed by atoms with Gasteiger partial charge in [0, 0.05) is 31.1 Å². The van der Waals surface area contributed by atoms with Gasteiger partial charge in [-0.3, -0.25) is 4.98 Å². The maximum Gasteiger partial charge on any atom is 0.149 e. The average molecular weight is 961 g/mol. The number of fused-ring (bicyclic) bond motifs is 4. The Morgan fingerprint density at radius 3 is 1.92 bits per heavy atom. The first-order chi connectivity index (χ1) is 28.8. The van der Waals surface area contributed by atoms with Gasteiger partial charge in [-0.25, -0.2) is 4.39 Å². The van der Waals surface area contributed by atoms with Gasteiger partial charge in [-0.05, 0) is 80.2 Å². The first-order valence-electron chi connectivity index (χ1n) is 20.0. The van der Waals surface area contributed by atoms with E-state index >= 15 is 0 Å². The molecule has 0 fully saturated rings. The Labute approximate surface area is 363 Å². The number of benzene rings is 7. The summed E-state index contributed by atoms with van der Waals surface area (Å²) in [6.45, 7) is 9.07. The molecule has 0 aliphatic rings. The molecule has 7 aromatic carbocycles. The predicted molar refractivity (Wildman–Crippen MR) is 239 cm³/mol. The van der Waals surface area contributed by atoms with E-state index in [4.69, 9.17) is 13.8 Å². The van der Waals surface area contributed by atoms with Crippen LogP contribution in [0.2, 0.25) is 0 Å². The second-order valence-corrected chi connectivity index (χ2v) is 15.3. The summed E-state index contributed by atoms with van der Waals surface area (Å²) in [6.07, 6.45) is 1.20. The van der Waals surface area contributed by atoms with Crippen molar-refractivity contribution in [1.82, 2.24) is 9.97 Å². The molecule has 0 unspecified atom stereocenters. The fourth-order valence-electron chi connectivity index (χ4n) is 7.76. The molecule has 0 saturated heterocycles. The van der Waals surface area contributed by atoms with E-state index in [9.17, 15) is 4.39 Å². The third kappa shape index (κ3) is 7.97. The van der Waals surface area contributed by atoms with Crippen molar-refractivity contribution in [3.8, 4) is 56.1 Å². The van der Waals surface area contributed by atoms with Crippen LogP contribution in [0, 0.1) is 17.9 Å². The zero-order valence-electron chi connectivity index (χ0n) is 33.7. The number of hydrogen-bond acceptors (Lipinski definition) is 4. The van der Waals surface area contributed by atoms with E-state index < -0.39 is 0 Å². The Hall–Kier alpha value is -6.46. The number of nitrogens with zero attached hydrogens (tertiary/aromatic N) is 2. The Balaban J connectivity index is 0.000000304. The molecule has 60 heavy (non-hydrogen) atoms. The van der Waals surface area contributed by atoms with Gasteiger partial charge < -0.3 is 13.8 Å². The van der Waals surface area contributed by atoms with Crippen molar-refractivity contribution in [1.29, 1.82) is 0 Å². The Morgan fingerprint density at radius 1 is 0.567 bits per heavy atom. The molecular weight excluding hydrogens is 920 g/mol. The number of rotatable bonds is 7. The fourth-order valence-corrected chi connectivity index (χ4v) is 7.76. The largest absolute Gasteiger partial charge is 0.500 e. The topological polar surface area (TPSA) is 52.1 Å². The molecule has 0 saturated carbocycles. The van der Waals surface area contributed by atoms with E-state index in [0.717, 1.165) is 66.5 Å². The van der Waals surface area contributed by atoms with E-state index in [1.807, 2.05) is 36.4 Å². The zero-order chi connectivity index (χ0) is 40.5. The molecule has 4 nitrogen and oxygen atoms in total. The first-order valence-corrected chi connectivity index (χ1v) is 20.0. The standard InChI is InChI=1S/C43H34NO2.C11H7FN.Ir/c1-26(2)36-23-31(29-15-9-6-10-16-29)24-37(27(3)4)40(36)34-18-12-20-38-42(34)46-43(44-38)35-19-11-17-33-32-22-21-30(25-39(32)45-41(33)35)28-13-7-5-8-14-28;12-10-6-7-11(13-8-10)9-4-2-1-3-5-9;/h5-18,20-27H,1-4H3;1-4,6-8H;/q2*-1;. The van der Waals surface area contributed by atoms with E-state index in [0.29, 0.717) is 17.7 Å². The van der Waals surface area contributed by atoms with Gasteiger partial charge in [0.25, 0.3) is 0 Å². The van der Waals surface area contributed by atoms with E-state index in [1.165, 1.54) is 40.1 Å². The average Bonchev–Trinajstić information content (AvgIpc) is 3.89. The molecule has 10 aromatic rings. The van der Waals surface area contributed by atoms with E-state index in [-0.39, 0.29) is 25.9 Å². The summed E-state index contributed by atoms with van der Waals surface area (Å²) in [5.41, 5.74) is 15.1. The van der Waals surface area contributed by atoms with E-state index in [1.54, 1.807) is 12.1 Å². The Bertz CT molecular complexity index is 3020. The van der Waals surface area contributed by atoms with Crippen LogP contribution in [-0.4, -0.2) is 9.97 Å². The van der Waals surface area contributed by atoms with Crippen LogP contribution in [0.4, 0.5) is 4.39 Å². The molecule has 0 spiro atoms. The van der Waals surface area contributed by atoms with Crippen LogP contribution in [0.15, 0.2) is 173 Å². The summed E-state index contributed by atoms with van der Waals surface area (Å²) >= 11 is 0. The molecule has 0 aliphatic heterocycles. The molecule has 0 bridgehead atoms. The van der Waals surface area contributed by atoms with Crippen LogP contribution in [0.25, 0.3) is 89.1 Å². The van der Waals surface area contributed by atoms with Gasteiger partial charge in [0.2, 0.25) is 0 Å². The summed E-state index contributed by atoms with van der Waals surface area (Å²) in [5.74, 6) is 0.813. The number of para-hydroxylation sites is 1. The molecular formula is C54H41FIrN2O2-2. The first kappa shape index (κ1) is 40.3. The number of aromatic nitrogens is 2. The van der Waals surface area contributed by atoms with Crippen molar-refractivity contribution in [2.45, 2.75) is 39.5 Å². The van der Waals surface area contributed by atoms with Crippen molar-refractivity contribution < 1.29 is 33.3 Å². The van der Waals surface area contributed by atoms with Crippen molar-refractivity contribution in [2.24, 2.45) is 0 Å². The maximum absolute atomic E-state index is 12.5. The van der Waals surface area contributed by atoms with Gasteiger partial charge in [0.05, 0.1) is 17.3 Å². The molecule has 10 rings (SSSR count). The van der Waals surface area contributed by atoms with Crippen LogP contribution in [-0.2, 0) is 20.1 Å². The van der Waals surface area contributed by atoms with Crippen LogP contribution < -0.4 is 0 Å². The third-order valence-corrected chi connectivity index (χ3v) is 10.7. The monoisotopic (exact) mass is 961 g/mol. The Morgan fingerprint density at radius 2 is 1.27 bits per heavy atom. The zero-order valence-corrected chi connectivity index (χ0v) is 36.1. The minimum atomic E-state index is -0.320. The van der Waals surface area contributed by atoms with Crippen molar-refractivity contribution in [3.05, 3.63) is 193 Å². The van der Waals surface area contributed by atoms with Gasteiger partial charge in [-0.2, -0.15) is 0 Å². The number of halogens is 1. The molecule has 0 N–H and O–H groups in total. The molecule has 1 radical (unpaired) electrons. The summed E-state index contributed by atoms with van der Waals surface area (Å²) in [5, 5.41) is 2.08. The van der Waals surface area contributed by atoms with Crippen LogP contribution in [0.1, 0.15) is 50.7 Å². The summed E-state index contributed by atoms with van der Waals surface area (Å²) < 4.78 is 25.8. The smallest absolute Gasteiger partial charge is 0.149 e. The second kappa shape index (κ2) is 17.4. The molecule has 0 atom stereocenters. The number of oxazole rings is 1. The molecule has 0 aliphatic carbocycles. The number of furan rings is 1. The van der Waals surface area contributed by atoms with Crippen LogP contribution >= 0.6 is 0 Å². The van der Waals surface area contributed by atoms with Crippen LogP contribution in [0.5, 0.6) is 0 Å². The minimum absolute atomic E-state index is 0. The Kier molecular flexibility index (Phi) is 11.7. The van der Waals surface area contributed by atoms with Gasteiger partial charge in [-0.1, -0.05) is 136 Å². The van der Waals surface area contributed by atoms with Gasteiger partial charge in [0.15, 0.2) is 0 Å². The summed E-state index contributed by atoms with van der Waals surface area (Å²) in [7, 11) is 0. The fraction of sp³-hybridized carbons (Fsp3) is 0.111. The summed E-state index contributed by atoms with van der Waals surface area (Å²) in [6, 6.07) is 59.3.